The maximum absolute atomic E-state index is 12.0. The fourth-order valence-corrected chi connectivity index (χ4v) is 2.20. The van der Waals surface area contributed by atoms with Gasteiger partial charge in [-0.15, -0.1) is 0 Å². The summed E-state index contributed by atoms with van der Waals surface area (Å²) in [5.41, 5.74) is 2.31. The molecule has 0 spiro atoms. The van der Waals surface area contributed by atoms with Gasteiger partial charge >= 0.3 is 0 Å². The van der Waals surface area contributed by atoms with E-state index in [4.69, 9.17) is 4.74 Å². The molecule has 0 aliphatic rings. The van der Waals surface area contributed by atoms with Crippen LogP contribution in [-0.4, -0.2) is 16.8 Å². The van der Waals surface area contributed by atoms with Crippen molar-refractivity contribution in [3.63, 3.8) is 0 Å². The van der Waals surface area contributed by atoms with Gasteiger partial charge in [0.05, 0.1) is 13.7 Å². The lowest BCUT2D eigenvalue weighted by Gasteiger charge is -2.17. The third-order valence-electron chi connectivity index (χ3n) is 3.32. The number of nitrogens with zero attached hydrogens (tertiary/aromatic N) is 1. The molecular formula is C16H19NO3. The van der Waals surface area contributed by atoms with Gasteiger partial charge in [-0.1, -0.05) is 17.7 Å². The van der Waals surface area contributed by atoms with Crippen LogP contribution in [0.25, 0.3) is 0 Å². The van der Waals surface area contributed by atoms with E-state index < -0.39 is 6.10 Å². The number of aryl methyl sites for hydroxylation is 2. The number of aliphatic hydroxyl groups excluding tert-OH is 1. The Morgan fingerprint density at radius 3 is 2.75 bits per heavy atom. The minimum atomic E-state index is -0.788. The predicted molar refractivity (Wildman–Crippen MR) is 78.1 cm³/mol. The summed E-state index contributed by atoms with van der Waals surface area (Å²) in [5.74, 6) is 0.629. The zero-order chi connectivity index (χ0) is 14.7. The molecule has 4 nitrogen and oxygen atoms in total. The van der Waals surface area contributed by atoms with Gasteiger partial charge in [0.2, 0.25) is 0 Å². The van der Waals surface area contributed by atoms with Crippen LogP contribution in [0.15, 0.2) is 41.3 Å². The van der Waals surface area contributed by atoms with Gasteiger partial charge in [0.25, 0.3) is 5.56 Å². The molecule has 1 aromatic heterocycles. The van der Waals surface area contributed by atoms with E-state index in [-0.39, 0.29) is 12.1 Å². The smallest absolute Gasteiger partial charge is 0.253 e. The Labute approximate surface area is 118 Å². The number of benzene rings is 1. The summed E-state index contributed by atoms with van der Waals surface area (Å²) in [6.07, 6.45) is 0.894. The fraction of sp³-hybridized carbons (Fsp3) is 0.312. The molecule has 0 fully saturated rings. The van der Waals surface area contributed by atoms with E-state index in [1.807, 2.05) is 25.1 Å². The van der Waals surface area contributed by atoms with Crippen LogP contribution >= 0.6 is 0 Å². The Kier molecular flexibility index (Phi) is 4.25. The lowest BCUT2D eigenvalue weighted by molar-refractivity contribution is 0.151. The summed E-state index contributed by atoms with van der Waals surface area (Å²) in [7, 11) is 1.57. The molecule has 0 saturated heterocycles. The molecule has 1 N–H and O–H groups in total. The van der Waals surface area contributed by atoms with Gasteiger partial charge in [-0.25, -0.2) is 0 Å². The average molecular weight is 273 g/mol. The first kappa shape index (κ1) is 14.3. The van der Waals surface area contributed by atoms with Crippen molar-refractivity contribution in [3.05, 3.63) is 63.6 Å². The summed E-state index contributed by atoms with van der Waals surface area (Å²) in [6.45, 7) is 3.92. The van der Waals surface area contributed by atoms with Gasteiger partial charge in [-0.3, -0.25) is 4.79 Å². The van der Waals surface area contributed by atoms with Crippen LogP contribution in [-0.2, 0) is 6.54 Å². The van der Waals surface area contributed by atoms with Crippen LogP contribution in [0.4, 0.5) is 0 Å². The molecule has 0 bridgehead atoms. The first-order valence-corrected chi connectivity index (χ1v) is 6.51. The number of aromatic nitrogens is 1. The topological polar surface area (TPSA) is 51.5 Å². The summed E-state index contributed by atoms with van der Waals surface area (Å²) in [6, 6.07) is 9.19. The molecule has 0 amide bonds. The van der Waals surface area contributed by atoms with Gasteiger partial charge in [0.1, 0.15) is 11.9 Å². The minimum Gasteiger partial charge on any atom is -0.496 e. The van der Waals surface area contributed by atoms with Crippen molar-refractivity contribution in [1.82, 2.24) is 4.57 Å². The zero-order valence-electron chi connectivity index (χ0n) is 12.0. The third kappa shape index (κ3) is 2.91. The largest absolute Gasteiger partial charge is 0.496 e. The number of pyridine rings is 1. The highest BCUT2D eigenvalue weighted by molar-refractivity contribution is 5.38. The first-order chi connectivity index (χ1) is 9.52. The quantitative estimate of drug-likeness (QED) is 0.929. The molecule has 0 aliphatic heterocycles. The van der Waals surface area contributed by atoms with Crippen LogP contribution in [0.2, 0.25) is 0 Å². The summed E-state index contributed by atoms with van der Waals surface area (Å²) in [4.78, 5) is 12.0. The molecular weight excluding hydrogens is 254 g/mol. The molecule has 106 valence electrons. The Morgan fingerprint density at radius 1 is 1.30 bits per heavy atom. The number of hydrogen-bond acceptors (Lipinski definition) is 3. The highest BCUT2D eigenvalue weighted by Gasteiger charge is 2.15. The SMILES string of the molecule is COc1ccc(C)cc1C(O)Cn1cccc(C)c1=O. The second kappa shape index (κ2) is 5.92. The van der Waals surface area contributed by atoms with Gasteiger partial charge < -0.3 is 14.4 Å². The van der Waals surface area contributed by atoms with Crippen molar-refractivity contribution in [2.45, 2.75) is 26.5 Å². The monoisotopic (exact) mass is 273 g/mol. The first-order valence-electron chi connectivity index (χ1n) is 6.51. The maximum Gasteiger partial charge on any atom is 0.253 e. The molecule has 1 aromatic carbocycles. The van der Waals surface area contributed by atoms with E-state index in [0.717, 1.165) is 5.56 Å². The van der Waals surface area contributed by atoms with Crippen molar-refractivity contribution in [2.24, 2.45) is 0 Å². The van der Waals surface area contributed by atoms with Gasteiger partial charge in [0.15, 0.2) is 0 Å². The van der Waals surface area contributed by atoms with Crippen molar-refractivity contribution in [1.29, 1.82) is 0 Å². The van der Waals surface area contributed by atoms with Gasteiger partial charge in [-0.05, 0) is 32.0 Å². The molecule has 1 heterocycles. The van der Waals surface area contributed by atoms with Crippen molar-refractivity contribution in [2.75, 3.05) is 7.11 Å². The van der Waals surface area contributed by atoms with Crippen LogP contribution < -0.4 is 10.3 Å². The summed E-state index contributed by atoms with van der Waals surface area (Å²) < 4.78 is 6.78. The second-order valence-corrected chi connectivity index (χ2v) is 4.91. The van der Waals surface area contributed by atoms with Gasteiger partial charge in [0, 0.05) is 17.3 Å². The molecule has 1 atom stereocenters. The molecule has 0 aliphatic carbocycles. The number of aliphatic hydroxyl groups is 1. The Hall–Kier alpha value is -2.07. The molecule has 2 aromatic rings. The van der Waals surface area contributed by atoms with Crippen LogP contribution in [0, 0.1) is 13.8 Å². The van der Waals surface area contributed by atoms with Crippen molar-refractivity contribution >= 4 is 0 Å². The molecule has 20 heavy (non-hydrogen) atoms. The highest BCUT2D eigenvalue weighted by atomic mass is 16.5. The fourth-order valence-electron chi connectivity index (χ4n) is 2.20. The summed E-state index contributed by atoms with van der Waals surface area (Å²) >= 11 is 0. The Balaban J connectivity index is 2.33. The molecule has 1 unspecified atom stereocenters. The third-order valence-corrected chi connectivity index (χ3v) is 3.32. The Bertz CT molecular complexity index is 661. The molecule has 4 heteroatoms. The van der Waals surface area contributed by atoms with Crippen LogP contribution in [0.5, 0.6) is 5.75 Å². The lowest BCUT2D eigenvalue weighted by Crippen LogP contribution is -2.24. The number of ether oxygens (including phenoxy) is 1. The normalized spacial score (nSPS) is 12.2. The van der Waals surface area contributed by atoms with E-state index in [2.05, 4.69) is 0 Å². The van der Waals surface area contributed by atoms with Crippen molar-refractivity contribution in [3.8, 4) is 5.75 Å². The highest BCUT2D eigenvalue weighted by Crippen LogP contribution is 2.27. The van der Waals surface area contributed by atoms with Crippen LogP contribution in [0.3, 0.4) is 0 Å². The maximum atomic E-state index is 12.0. The molecule has 0 radical (unpaired) electrons. The number of hydrogen-bond donors (Lipinski definition) is 1. The van der Waals surface area contributed by atoms with Gasteiger partial charge in [-0.2, -0.15) is 0 Å². The predicted octanol–water partition coefficient (Wildman–Crippen LogP) is 2.21. The second-order valence-electron chi connectivity index (χ2n) is 4.91. The zero-order valence-corrected chi connectivity index (χ0v) is 12.0. The molecule has 0 saturated carbocycles. The molecule has 2 rings (SSSR count). The standard InChI is InChI=1S/C16H19NO3/c1-11-6-7-15(20-3)13(9-11)14(18)10-17-8-4-5-12(2)16(17)19/h4-9,14,18H,10H2,1-3H3. The average Bonchev–Trinajstić information content (AvgIpc) is 2.43. The van der Waals surface area contributed by atoms with E-state index in [1.54, 1.807) is 32.4 Å². The van der Waals surface area contributed by atoms with E-state index >= 15 is 0 Å². The number of methoxy groups -OCH3 is 1. The van der Waals surface area contributed by atoms with E-state index in [0.29, 0.717) is 16.9 Å². The number of rotatable bonds is 4. The summed E-state index contributed by atoms with van der Waals surface area (Å²) in [5, 5.41) is 10.4. The minimum absolute atomic E-state index is 0.0850. The van der Waals surface area contributed by atoms with E-state index in [9.17, 15) is 9.90 Å². The van der Waals surface area contributed by atoms with E-state index in [1.165, 1.54) is 4.57 Å². The van der Waals surface area contributed by atoms with Crippen molar-refractivity contribution < 1.29 is 9.84 Å². The van der Waals surface area contributed by atoms with Crippen LogP contribution in [0.1, 0.15) is 22.8 Å². The lowest BCUT2D eigenvalue weighted by atomic mass is 10.0. The Morgan fingerprint density at radius 2 is 2.05 bits per heavy atom.